The minimum absolute atomic E-state index is 0.379. The fraction of sp³-hybridized carbons (Fsp3) is 0.292. The largest absolute Gasteiger partial charge is 0.378 e. The van der Waals surface area contributed by atoms with E-state index < -0.39 is 5.54 Å². The summed E-state index contributed by atoms with van der Waals surface area (Å²) >= 11 is 0. The van der Waals surface area contributed by atoms with E-state index >= 15 is 0 Å². The summed E-state index contributed by atoms with van der Waals surface area (Å²) in [5, 5.41) is 3.48. The van der Waals surface area contributed by atoms with E-state index in [1.165, 1.54) is 0 Å². The Morgan fingerprint density at radius 2 is 1.57 bits per heavy atom. The third-order valence-electron chi connectivity index (χ3n) is 5.37. The lowest BCUT2D eigenvalue weighted by molar-refractivity contribution is -0.125. The maximum absolute atomic E-state index is 12.8. The van der Waals surface area contributed by atoms with Gasteiger partial charge in [0.15, 0.2) is 0 Å². The van der Waals surface area contributed by atoms with Crippen molar-refractivity contribution in [2.75, 3.05) is 25.5 Å². The van der Waals surface area contributed by atoms with Crippen molar-refractivity contribution in [1.82, 2.24) is 15.3 Å². The highest BCUT2D eigenvalue weighted by Crippen LogP contribution is 2.29. The average Bonchev–Trinajstić information content (AvgIpc) is 2.77. The number of anilines is 1. The van der Waals surface area contributed by atoms with E-state index in [4.69, 9.17) is 5.73 Å². The predicted octanol–water partition coefficient (Wildman–Crippen LogP) is 2.69. The molecule has 6 nitrogen and oxygen atoms in total. The molecule has 0 aliphatic rings. The van der Waals surface area contributed by atoms with Crippen molar-refractivity contribution in [3.8, 4) is 0 Å². The number of aromatic nitrogens is 2. The van der Waals surface area contributed by atoms with Gasteiger partial charge in [0.25, 0.3) is 0 Å². The summed E-state index contributed by atoms with van der Waals surface area (Å²) < 4.78 is 0. The normalized spacial score (nSPS) is 12.9. The van der Waals surface area contributed by atoms with Crippen LogP contribution in [0.2, 0.25) is 0 Å². The number of aryl methyl sites for hydroxylation is 1. The fourth-order valence-corrected chi connectivity index (χ4v) is 3.58. The quantitative estimate of drug-likeness (QED) is 0.544. The van der Waals surface area contributed by atoms with Crippen LogP contribution in [0.4, 0.5) is 5.69 Å². The van der Waals surface area contributed by atoms with Crippen LogP contribution in [0.25, 0.3) is 0 Å². The summed E-state index contributed by atoms with van der Waals surface area (Å²) in [6.07, 6.45) is 9.16. The first-order chi connectivity index (χ1) is 14.5. The third-order valence-corrected chi connectivity index (χ3v) is 5.37. The van der Waals surface area contributed by atoms with Gasteiger partial charge in [-0.05, 0) is 60.2 Å². The van der Waals surface area contributed by atoms with Crippen molar-refractivity contribution in [2.24, 2.45) is 5.73 Å². The van der Waals surface area contributed by atoms with Crippen LogP contribution >= 0.6 is 0 Å². The molecule has 1 unspecified atom stereocenters. The second kappa shape index (κ2) is 9.98. The van der Waals surface area contributed by atoms with Crippen LogP contribution in [0.15, 0.2) is 73.3 Å². The number of pyridine rings is 2. The molecule has 30 heavy (non-hydrogen) atoms. The first-order valence-corrected chi connectivity index (χ1v) is 10.1. The molecule has 3 N–H and O–H groups in total. The summed E-state index contributed by atoms with van der Waals surface area (Å²) in [4.78, 5) is 23.2. The molecule has 0 spiro atoms. The number of nitrogens with one attached hydrogen (secondary N) is 1. The van der Waals surface area contributed by atoms with Gasteiger partial charge in [-0.15, -0.1) is 0 Å². The molecule has 1 atom stereocenters. The summed E-state index contributed by atoms with van der Waals surface area (Å²) in [7, 11) is 3.98. The molecule has 3 aromatic rings. The molecule has 0 fully saturated rings. The van der Waals surface area contributed by atoms with Gasteiger partial charge < -0.3 is 10.6 Å². The predicted molar refractivity (Wildman–Crippen MR) is 120 cm³/mol. The highest BCUT2D eigenvalue weighted by Gasteiger charge is 2.37. The van der Waals surface area contributed by atoms with E-state index in [1.807, 2.05) is 79.9 Å². The lowest BCUT2D eigenvalue weighted by Gasteiger charge is -2.33. The van der Waals surface area contributed by atoms with Gasteiger partial charge in [-0.25, -0.2) is 0 Å². The maximum Gasteiger partial charge on any atom is 0.242 e. The Labute approximate surface area is 178 Å². The molecule has 0 aliphatic carbocycles. The zero-order valence-corrected chi connectivity index (χ0v) is 17.6. The zero-order valence-electron chi connectivity index (χ0n) is 17.6. The number of primary amides is 1. The Morgan fingerprint density at radius 1 is 0.967 bits per heavy atom. The van der Waals surface area contributed by atoms with Crippen LogP contribution in [0.5, 0.6) is 0 Å². The van der Waals surface area contributed by atoms with E-state index in [-0.39, 0.29) is 5.91 Å². The summed E-state index contributed by atoms with van der Waals surface area (Å²) in [6.45, 7) is 0.608. The molecule has 0 saturated heterocycles. The second-order valence-corrected chi connectivity index (χ2v) is 7.61. The van der Waals surface area contributed by atoms with Gasteiger partial charge in [-0.2, -0.15) is 0 Å². The van der Waals surface area contributed by atoms with Crippen molar-refractivity contribution in [3.05, 3.63) is 90.0 Å². The minimum Gasteiger partial charge on any atom is -0.378 e. The topological polar surface area (TPSA) is 84.1 Å². The number of nitrogens with zero attached hydrogens (tertiary/aromatic N) is 3. The minimum atomic E-state index is -0.969. The highest BCUT2D eigenvalue weighted by molar-refractivity contribution is 5.86. The average molecular weight is 404 g/mol. The molecule has 2 heterocycles. The molecular weight excluding hydrogens is 374 g/mol. The lowest BCUT2D eigenvalue weighted by atomic mass is 9.83. The van der Waals surface area contributed by atoms with Crippen molar-refractivity contribution in [1.29, 1.82) is 0 Å². The van der Waals surface area contributed by atoms with Crippen LogP contribution in [0, 0.1) is 0 Å². The summed E-state index contributed by atoms with van der Waals surface area (Å²) in [5.74, 6) is -0.379. The molecular formula is C24H29N5O. The van der Waals surface area contributed by atoms with Gasteiger partial charge in [-0.1, -0.05) is 24.3 Å². The highest BCUT2D eigenvalue weighted by atomic mass is 16.1. The van der Waals surface area contributed by atoms with Crippen LogP contribution in [-0.4, -0.2) is 36.5 Å². The second-order valence-electron chi connectivity index (χ2n) is 7.61. The van der Waals surface area contributed by atoms with Crippen LogP contribution in [0.3, 0.4) is 0 Å². The fourth-order valence-electron chi connectivity index (χ4n) is 3.58. The molecule has 3 rings (SSSR count). The summed E-state index contributed by atoms with van der Waals surface area (Å²) in [6, 6.07) is 15.9. The van der Waals surface area contributed by atoms with Crippen LogP contribution in [0.1, 0.15) is 23.1 Å². The van der Waals surface area contributed by atoms with Gasteiger partial charge in [0, 0.05) is 51.1 Å². The first-order valence-electron chi connectivity index (χ1n) is 10.1. The molecule has 1 aromatic carbocycles. The van der Waals surface area contributed by atoms with E-state index in [0.717, 1.165) is 28.8 Å². The Balaban J connectivity index is 1.86. The Hall–Kier alpha value is -3.25. The summed E-state index contributed by atoms with van der Waals surface area (Å²) in [5.41, 5.74) is 9.16. The zero-order chi connectivity index (χ0) is 21.4. The molecule has 1 amide bonds. The van der Waals surface area contributed by atoms with Crippen LogP contribution in [-0.2, 0) is 23.2 Å². The number of amides is 1. The number of nitrogens with two attached hydrogens (primary N) is 1. The molecule has 156 valence electrons. The monoisotopic (exact) mass is 403 g/mol. The lowest BCUT2D eigenvalue weighted by Crippen LogP contribution is -2.53. The number of rotatable bonds is 10. The number of carbonyl (C=O) groups excluding carboxylic acids is 1. The number of carbonyl (C=O) groups is 1. The van der Waals surface area contributed by atoms with Gasteiger partial charge in [0.2, 0.25) is 5.91 Å². The number of benzene rings is 1. The standard InChI is InChI=1S/C24H29N5O/c1-29(2)22-9-7-21(8-10-22)24(23(25)30,13-11-19-5-3-14-26-17-19)28-16-12-20-6-4-15-27-18-20/h3-10,14-15,17-18,28H,11-13,16H2,1-2H3,(H2,25,30). The van der Waals surface area contributed by atoms with E-state index in [9.17, 15) is 4.79 Å². The molecule has 0 saturated carbocycles. The van der Waals surface area contributed by atoms with Crippen molar-refractivity contribution < 1.29 is 4.79 Å². The van der Waals surface area contributed by atoms with Crippen molar-refractivity contribution in [3.63, 3.8) is 0 Å². The number of hydrogen-bond acceptors (Lipinski definition) is 5. The Morgan fingerprint density at radius 3 is 2.07 bits per heavy atom. The maximum atomic E-state index is 12.8. The number of hydrogen-bond donors (Lipinski definition) is 2. The molecule has 0 aliphatic heterocycles. The van der Waals surface area contributed by atoms with Crippen molar-refractivity contribution >= 4 is 11.6 Å². The van der Waals surface area contributed by atoms with E-state index in [0.29, 0.717) is 19.4 Å². The Bertz CT molecular complexity index is 929. The molecule has 0 radical (unpaired) electrons. The van der Waals surface area contributed by atoms with Gasteiger partial charge in [-0.3, -0.25) is 20.1 Å². The Kier molecular flexibility index (Phi) is 7.14. The smallest absolute Gasteiger partial charge is 0.242 e. The van der Waals surface area contributed by atoms with Gasteiger partial charge in [0.1, 0.15) is 5.54 Å². The van der Waals surface area contributed by atoms with E-state index in [2.05, 4.69) is 15.3 Å². The van der Waals surface area contributed by atoms with Crippen LogP contribution < -0.4 is 16.0 Å². The van der Waals surface area contributed by atoms with Crippen molar-refractivity contribution in [2.45, 2.75) is 24.8 Å². The molecule has 2 aromatic heterocycles. The molecule has 0 bridgehead atoms. The first kappa shape index (κ1) is 21.5. The SMILES string of the molecule is CN(C)c1ccc(C(CCc2cccnc2)(NCCc2cccnc2)C(N)=O)cc1. The van der Waals surface area contributed by atoms with Gasteiger partial charge >= 0.3 is 0 Å². The third kappa shape index (κ3) is 5.21. The molecule has 6 heteroatoms. The van der Waals surface area contributed by atoms with E-state index in [1.54, 1.807) is 12.4 Å². The van der Waals surface area contributed by atoms with Gasteiger partial charge in [0.05, 0.1) is 0 Å².